The largest absolute Gasteiger partial charge is 0.373 e. The third-order valence-electron chi connectivity index (χ3n) is 5.31. The van der Waals surface area contributed by atoms with E-state index in [1.54, 1.807) is 36.4 Å². The summed E-state index contributed by atoms with van der Waals surface area (Å²) in [7, 11) is -3.86. The van der Waals surface area contributed by atoms with Crippen LogP contribution in [0.15, 0.2) is 48.5 Å². The lowest BCUT2D eigenvalue weighted by Crippen LogP contribution is -2.43. The summed E-state index contributed by atoms with van der Waals surface area (Å²) < 4.78 is 47.6. The number of rotatable bonds is 8. The van der Waals surface area contributed by atoms with E-state index in [1.165, 1.54) is 21.9 Å². The van der Waals surface area contributed by atoms with Gasteiger partial charge in [0.05, 0.1) is 19.1 Å². The molecule has 0 aliphatic carbocycles. The highest BCUT2D eigenvalue weighted by Crippen LogP contribution is 2.31. The highest BCUT2D eigenvalue weighted by atomic mass is 35.5. The monoisotopic (exact) mass is 470 g/mol. The quantitative estimate of drug-likeness (QED) is 0.455. The zero-order chi connectivity index (χ0) is 22.4. The number of nitrogens with zero attached hydrogens (tertiary/aromatic N) is 1. The molecule has 2 aromatic rings. The average Bonchev–Trinajstić information content (AvgIpc) is 2.77. The predicted octanol–water partition coefficient (Wildman–Crippen LogP) is 3.43. The molecule has 0 bridgehead atoms. The molecule has 1 atom stereocenters. The molecule has 168 valence electrons. The molecule has 3 rings (SSSR count). The first-order valence-electron chi connectivity index (χ1n) is 9.84. The Labute approximate surface area is 185 Å². The van der Waals surface area contributed by atoms with Gasteiger partial charge in [-0.3, -0.25) is 10.0 Å². The van der Waals surface area contributed by atoms with Gasteiger partial charge in [-0.15, -0.1) is 0 Å². The molecule has 1 amide bonds. The maximum atomic E-state index is 13.9. The molecule has 7 nitrogen and oxygen atoms in total. The Hall–Kier alpha value is -2.04. The summed E-state index contributed by atoms with van der Waals surface area (Å²) in [6.45, 7) is 0.427. The van der Waals surface area contributed by atoms with Crippen molar-refractivity contribution in [3.63, 3.8) is 0 Å². The van der Waals surface area contributed by atoms with E-state index in [4.69, 9.17) is 21.5 Å². The minimum absolute atomic E-state index is 0.00619. The van der Waals surface area contributed by atoms with Gasteiger partial charge in [-0.2, -0.15) is 0 Å². The van der Waals surface area contributed by atoms with Crippen molar-refractivity contribution < 1.29 is 27.5 Å². The van der Waals surface area contributed by atoms with Crippen LogP contribution >= 0.6 is 11.6 Å². The van der Waals surface area contributed by atoms with Crippen LogP contribution in [0, 0.1) is 5.82 Å². The van der Waals surface area contributed by atoms with Crippen molar-refractivity contribution in [1.82, 2.24) is 9.79 Å². The Kier molecular flexibility index (Phi) is 8.01. The maximum absolute atomic E-state index is 13.9. The SMILES string of the molecule is O=C(C[C@H](c1ccccc1)S(=O)(=O)N1CCC(OCc2c(F)cccc2Cl)CC1)NO. The molecular formula is C21H24ClFN2O5S. The molecule has 1 aliphatic heterocycles. The molecule has 0 aromatic heterocycles. The van der Waals surface area contributed by atoms with Gasteiger partial charge >= 0.3 is 0 Å². The third kappa shape index (κ3) is 5.81. The van der Waals surface area contributed by atoms with E-state index >= 15 is 0 Å². The van der Waals surface area contributed by atoms with Gasteiger partial charge in [0.15, 0.2) is 0 Å². The smallest absolute Gasteiger partial charge is 0.245 e. The lowest BCUT2D eigenvalue weighted by Gasteiger charge is -2.33. The number of benzene rings is 2. The fourth-order valence-corrected chi connectivity index (χ4v) is 5.74. The van der Waals surface area contributed by atoms with Crippen molar-refractivity contribution in [2.24, 2.45) is 0 Å². The van der Waals surface area contributed by atoms with E-state index < -0.39 is 33.4 Å². The van der Waals surface area contributed by atoms with Crippen LogP contribution in [-0.2, 0) is 26.2 Å². The number of amides is 1. The second-order valence-electron chi connectivity index (χ2n) is 7.29. The number of nitrogens with one attached hydrogen (secondary N) is 1. The minimum atomic E-state index is -3.86. The summed E-state index contributed by atoms with van der Waals surface area (Å²) in [4.78, 5) is 11.7. The van der Waals surface area contributed by atoms with Crippen LogP contribution in [0.4, 0.5) is 4.39 Å². The molecule has 2 aromatic carbocycles. The van der Waals surface area contributed by atoms with Gasteiger partial charge < -0.3 is 4.74 Å². The van der Waals surface area contributed by atoms with Crippen LogP contribution in [0.2, 0.25) is 5.02 Å². The Morgan fingerprint density at radius 1 is 1.19 bits per heavy atom. The van der Waals surface area contributed by atoms with E-state index in [9.17, 15) is 17.6 Å². The van der Waals surface area contributed by atoms with Crippen molar-refractivity contribution >= 4 is 27.5 Å². The molecule has 1 aliphatic rings. The number of hydroxylamine groups is 1. The lowest BCUT2D eigenvalue weighted by atomic mass is 10.1. The fourth-order valence-electron chi connectivity index (χ4n) is 3.58. The number of carbonyl (C=O) groups excluding carboxylic acids is 1. The summed E-state index contributed by atoms with van der Waals surface area (Å²) in [5.41, 5.74) is 2.25. The molecule has 31 heavy (non-hydrogen) atoms. The second kappa shape index (κ2) is 10.5. The lowest BCUT2D eigenvalue weighted by molar-refractivity contribution is -0.129. The van der Waals surface area contributed by atoms with Gasteiger partial charge in [0.2, 0.25) is 15.9 Å². The maximum Gasteiger partial charge on any atom is 0.245 e. The van der Waals surface area contributed by atoms with Crippen LogP contribution in [0.3, 0.4) is 0 Å². The number of halogens is 2. The summed E-state index contributed by atoms with van der Waals surface area (Å²) >= 11 is 6.02. The highest BCUT2D eigenvalue weighted by Gasteiger charge is 2.37. The van der Waals surface area contributed by atoms with Crippen molar-refractivity contribution in [1.29, 1.82) is 0 Å². The van der Waals surface area contributed by atoms with E-state index in [1.807, 2.05) is 0 Å². The number of carbonyl (C=O) groups is 1. The summed E-state index contributed by atoms with van der Waals surface area (Å²) in [6.07, 6.45) is 0.223. The molecule has 1 saturated heterocycles. The van der Waals surface area contributed by atoms with Crippen molar-refractivity contribution in [3.8, 4) is 0 Å². The zero-order valence-electron chi connectivity index (χ0n) is 16.7. The van der Waals surface area contributed by atoms with Gasteiger partial charge in [0.25, 0.3) is 0 Å². The first kappa shape index (κ1) is 23.6. The van der Waals surface area contributed by atoms with Crippen molar-refractivity contribution in [2.45, 2.75) is 37.2 Å². The van der Waals surface area contributed by atoms with Crippen molar-refractivity contribution in [2.75, 3.05) is 13.1 Å². The van der Waals surface area contributed by atoms with Crippen LogP contribution in [-0.4, -0.2) is 43.0 Å². The van der Waals surface area contributed by atoms with E-state index in [-0.39, 0.29) is 36.4 Å². The topological polar surface area (TPSA) is 95.9 Å². The number of sulfonamides is 1. The molecule has 2 N–H and O–H groups in total. The van der Waals surface area contributed by atoms with Crippen LogP contribution < -0.4 is 5.48 Å². The predicted molar refractivity (Wildman–Crippen MR) is 113 cm³/mol. The van der Waals surface area contributed by atoms with E-state index in [0.29, 0.717) is 18.4 Å². The van der Waals surface area contributed by atoms with Crippen LogP contribution in [0.25, 0.3) is 0 Å². The summed E-state index contributed by atoms with van der Waals surface area (Å²) in [5.74, 6) is -1.22. The standard InChI is InChI=1S/C21H24ClFN2O5S/c22-18-7-4-8-19(23)17(18)14-30-16-9-11-25(12-10-16)31(28,29)20(13-21(26)24-27)15-5-2-1-3-6-15/h1-8,16,20,27H,9-14H2,(H,24,26)/t20-/m1/s1. The first-order chi connectivity index (χ1) is 14.8. The Bertz CT molecular complexity index is 978. The number of hydrogen-bond donors (Lipinski definition) is 2. The van der Waals surface area contributed by atoms with Gasteiger partial charge in [-0.05, 0) is 30.5 Å². The van der Waals surface area contributed by atoms with Crippen LogP contribution in [0.1, 0.15) is 35.6 Å². The Morgan fingerprint density at radius 2 is 1.87 bits per heavy atom. The molecule has 10 heteroatoms. The molecule has 1 heterocycles. The van der Waals surface area contributed by atoms with Gasteiger partial charge in [-0.1, -0.05) is 48.0 Å². The summed E-state index contributed by atoms with van der Waals surface area (Å²) in [6, 6.07) is 12.8. The number of hydrogen-bond acceptors (Lipinski definition) is 5. The van der Waals surface area contributed by atoms with Gasteiger partial charge in [0.1, 0.15) is 11.1 Å². The molecule has 0 saturated carbocycles. The van der Waals surface area contributed by atoms with E-state index in [0.717, 1.165) is 0 Å². The molecule has 0 spiro atoms. The fraction of sp³-hybridized carbons (Fsp3) is 0.381. The molecule has 0 radical (unpaired) electrons. The Balaban J connectivity index is 1.65. The zero-order valence-corrected chi connectivity index (χ0v) is 18.3. The van der Waals surface area contributed by atoms with Crippen molar-refractivity contribution in [3.05, 3.63) is 70.5 Å². The van der Waals surface area contributed by atoms with Crippen LogP contribution in [0.5, 0.6) is 0 Å². The van der Waals surface area contributed by atoms with E-state index in [2.05, 4.69) is 0 Å². The second-order valence-corrected chi connectivity index (χ2v) is 9.82. The highest BCUT2D eigenvalue weighted by molar-refractivity contribution is 7.89. The average molecular weight is 471 g/mol. The van der Waals surface area contributed by atoms with Gasteiger partial charge in [-0.25, -0.2) is 22.6 Å². The number of piperidine rings is 1. The van der Waals surface area contributed by atoms with Gasteiger partial charge in [0, 0.05) is 23.7 Å². The summed E-state index contributed by atoms with van der Waals surface area (Å²) in [5, 5.41) is 8.04. The minimum Gasteiger partial charge on any atom is -0.373 e. The molecule has 1 fully saturated rings. The normalized spacial score (nSPS) is 16.7. The Morgan fingerprint density at radius 3 is 2.48 bits per heavy atom. The molecular weight excluding hydrogens is 447 g/mol. The first-order valence-corrected chi connectivity index (χ1v) is 11.7. The third-order valence-corrected chi connectivity index (χ3v) is 7.91. The number of ether oxygens (including phenoxy) is 1. The molecule has 0 unspecified atom stereocenters.